The lowest BCUT2D eigenvalue weighted by atomic mass is 10.0. The number of anilines is 1. The predicted octanol–water partition coefficient (Wildman–Crippen LogP) is 4.07. The van der Waals surface area contributed by atoms with E-state index in [2.05, 4.69) is 15.3 Å². The van der Waals surface area contributed by atoms with Crippen molar-refractivity contribution in [2.75, 3.05) is 12.4 Å². The van der Waals surface area contributed by atoms with Gasteiger partial charge in [0, 0.05) is 6.20 Å². The molecule has 1 unspecified atom stereocenters. The van der Waals surface area contributed by atoms with Gasteiger partial charge < -0.3 is 10.1 Å². The average molecular weight is 311 g/mol. The molecule has 1 aromatic heterocycles. The van der Waals surface area contributed by atoms with Crippen LogP contribution in [-0.2, 0) is 6.18 Å². The number of aromatic nitrogens is 2. The standard InChI is InChI=1S/C15H16F3N3O/c1-3-12(10-4-6-11(22-2)7-5-10)20-14-19-9-8-13(21-14)15(16,17)18/h4-9,12H,3H2,1-2H3,(H,19,20,21). The van der Waals surface area contributed by atoms with Crippen LogP contribution < -0.4 is 10.1 Å². The molecule has 0 spiro atoms. The molecule has 2 aromatic rings. The highest BCUT2D eigenvalue weighted by Gasteiger charge is 2.32. The Morgan fingerprint density at radius 3 is 2.41 bits per heavy atom. The van der Waals surface area contributed by atoms with Crippen molar-refractivity contribution < 1.29 is 17.9 Å². The Labute approximate surface area is 126 Å². The van der Waals surface area contributed by atoms with E-state index < -0.39 is 11.9 Å². The Balaban J connectivity index is 2.19. The van der Waals surface area contributed by atoms with E-state index in [1.807, 2.05) is 19.1 Å². The van der Waals surface area contributed by atoms with Gasteiger partial charge in [0.15, 0.2) is 0 Å². The summed E-state index contributed by atoms with van der Waals surface area (Å²) in [5.74, 6) is 0.673. The molecule has 0 saturated carbocycles. The molecule has 1 atom stereocenters. The predicted molar refractivity (Wildman–Crippen MR) is 76.7 cm³/mol. The first-order chi connectivity index (χ1) is 10.4. The molecule has 0 fully saturated rings. The second-order valence-electron chi connectivity index (χ2n) is 4.64. The molecule has 4 nitrogen and oxygen atoms in total. The number of ether oxygens (including phenoxy) is 1. The van der Waals surface area contributed by atoms with Crippen LogP contribution in [0.4, 0.5) is 19.1 Å². The van der Waals surface area contributed by atoms with Gasteiger partial charge in [-0.1, -0.05) is 19.1 Å². The number of nitrogens with one attached hydrogen (secondary N) is 1. The number of hydrogen-bond acceptors (Lipinski definition) is 4. The number of methoxy groups -OCH3 is 1. The van der Waals surface area contributed by atoms with Gasteiger partial charge in [0.2, 0.25) is 5.95 Å². The molecular formula is C15H16F3N3O. The molecular weight excluding hydrogens is 295 g/mol. The minimum Gasteiger partial charge on any atom is -0.497 e. The molecule has 22 heavy (non-hydrogen) atoms. The van der Waals surface area contributed by atoms with Crippen molar-refractivity contribution in [3.63, 3.8) is 0 Å². The summed E-state index contributed by atoms with van der Waals surface area (Å²) >= 11 is 0. The molecule has 1 heterocycles. The molecule has 118 valence electrons. The van der Waals surface area contributed by atoms with Crippen LogP contribution in [0.3, 0.4) is 0 Å². The summed E-state index contributed by atoms with van der Waals surface area (Å²) < 4.78 is 43.1. The summed E-state index contributed by atoms with van der Waals surface area (Å²) in [5, 5.41) is 2.93. The lowest BCUT2D eigenvalue weighted by Gasteiger charge is -2.18. The van der Waals surface area contributed by atoms with E-state index in [9.17, 15) is 13.2 Å². The third kappa shape index (κ3) is 3.87. The molecule has 7 heteroatoms. The smallest absolute Gasteiger partial charge is 0.433 e. The molecule has 1 aromatic carbocycles. The van der Waals surface area contributed by atoms with Crippen molar-refractivity contribution in [3.8, 4) is 5.75 Å². The zero-order valence-electron chi connectivity index (χ0n) is 12.2. The number of hydrogen-bond donors (Lipinski definition) is 1. The topological polar surface area (TPSA) is 47.0 Å². The lowest BCUT2D eigenvalue weighted by molar-refractivity contribution is -0.141. The Hall–Kier alpha value is -2.31. The maximum atomic E-state index is 12.7. The van der Waals surface area contributed by atoms with Gasteiger partial charge in [0.05, 0.1) is 13.2 Å². The van der Waals surface area contributed by atoms with Crippen molar-refractivity contribution in [3.05, 3.63) is 47.8 Å². The second-order valence-corrected chi connectivity index (χ2v) is 4.64. The third-order valence-corrected chi connectivity index (χ3v) is 3.18. The minimum atomic E-state index is -4.48. The number of halogens is 3. The summed E-state index contributed by atoms with van der Waals surface area (Å²) in [6, 6.07) is 7.97. The molecule has 2 rings (SSSR count). The van der Waals surface area contributed by atoms with Crippen LogP contribution >= 0.6 is 0 Å². The lowest BCUT2D eigenvalue weighted by Crippen LogP contribution is -2.15. The van der Waals surface area contributed by atoms with Crippen LogP contribution in [0.1, 0.15) is 30.6 Å². The minimum absolute atomic E-state index is 0.0440. The van der Waals surface area contributed by atoms with E-state index in [-0.39, 0.29) is 12.0 Å². The molecule has 0 saturated heterocycles. The van der Waals surface area contributed by atoms with Crippen LogP contribution in [0.25, 0.3) is 0 Å². The van der Waals surface area contributed by atoms with Crippen molar-refractivity contribution in [1.82, 2.24) is 9.97 Å². The first-order valence-electron chi connectivity index (χ1n) is 6.74. The normalized spacial score (nSPS) is 12.8. The number of benzene rings is 1. The molecule has 0 radical (unpaired) electrons. The first-order valence-corrected chi connectivity index (χ1v) is 6.74. The van der Waals surface area contributed by atoms with Crippen molar-refractivity contribution in [2.24, 2.45) is 0 Å². The Morgan fingerprint density at radius 2 is 1.86 bits per heavy atom. The van der Waals surface area contributed by atoms with Crippen molar-refractivity contribution in [1.29, 1.82) is 0 Å². The molecule has 1 N–H and O–H groups in total. The van der Waals surface area contributed by atoms with Crippen molar-refractivity contribution in [2.45, 2.75) is 25.6 Å². The molecule has 0 aliphatic heterocycles. The summed E-state index contributed by atoms with van der Waals surface area (Å²) in [4.78, 5) is 7.37. The maximum Gasteiger partial charge on any atom is 0.433 e. The highest BCUT2D eigenvalue weighted by molar-refractivity contribution is 5.35. The number of nitrogens with zero attached hydrogens (tertiary/aromatic N) is 2. The summed E-state index contributed by atoms with van der Waals surface area (Å²) in [7, 11) is 1.57. The average Bonchev–Trinajstić information content (AvgIpc) is 2.52. The molecule has 0 amide bonds. The van der Waals surface area contributed by atoms with Crippen LogP contribution in [0.2, 0.25) is 0 Å². The Morgan fingerprint density at radius 1 is 1.18 bits per heavy atom. The fourth-order valence-corrected chi connectivity index (χ4v) is 2.00. The van der Waals surface area contributed by atoms with E-state index in [0.29, 0.717) is 12.2 Å². The fourth-order valence-electron chi connectivity index (χ4n) is 2.00. The summed E-state index contributed by atoms with van der Waals surface area (Å²) in [6.07, 6.45) is -2.72. The van der Waals surface area contributed by atoms with Gasteiger partial charge in [-0.05, 0) is 30.2 Å². The van der Waals surface area contributed by atoms with Gasteiger partial charge in [0.1, 0.15) is 11.4 Å². The zero-order chi connectivity index (χ0) is 16.2. The SMILES string of the molecule is CCC(Nc1nccc(C(F)(F)F)n1)c1ccc(OC)cc1. The molecule has 0 aliphatic rings. The highest BCUT2D eigenvalue weighted by Crippen LogP contribution is 2.28. The van der Waals surface area contributed by atoms with Crippen LogP contribution in [-0.4, -0.2) is 17.1 Å². The van der Waals surface area contributed by atoms with Gasteiger partial charge >= 0.3 is 6.18 Å². The number of rotatable bonds is 5. The van der Waals surface area contributed by atoms with Crippen LogP contribution in [0, 0.1) is 0 Å². The zero-order valence-corrected chi connectivity index (χ0v) is 12.2. The Kier molecular flexibility index (Phi) is 4.85. The third-order valence-electron chi connectivity index (χ3n) is 3.18. The Bertz CT molecular complexity index is 614. The monoisotopic (exact) mass is 311 g/mol. The maximum absolute atomic E-state index is 12.7. The first kappa shape index (κ1) is 16.1. The molecule has 0 aliphatic carbocycles. The highest BCUT2D eigenvalue weighted by atomic mass is 19.4. The van der Waals surface area contributed by atoms with Gasteiger partial charge in [-0.25, -0.2) is 9.97 Å². The quantitative estimate of drug-likeness (QED) is 0.904. The van der Waals surface area contributed by atoms with Crippen molar-refractivity contribution >= 4 is 5.95 Å². The van der Waals surface area contributed by atoms with Crippen LogP contribution in [0.15, 0.2) is 36.5 Å². The summed E-state index contributed by atoms with van der Waals surface area (Å²) in [5.41, 5.74) is -0.0427. The van der Waals surface area contributed by atoms with Gasteiger partial charge in [-0.15, -0.1) is 0 Å². The second kappa shape index (κ2) is 6.64. The van der Waals surface area contributed by atoms with E-state index in [0.717, 1.165) is 17.8 Å². The van der Waals surface area contributed by atoms with Crippen LogP contribution in [0.5, 0.6) is 5.75 Å². The van der Waals surface area contributed by atoms with E-state index in [1.54, 1.807) is 19.2 Å². The van der Waals surface area contributed by atoms with Gasteiger partial charge in [0.25, 0.3) is 0 Å². The van der Waals surface area contributed by atoms with E-state index >= 15 is 0 Å². The largest absolute Gasteiger partial charge is 0.497 e. The number of alkyl halides is 3. The van der Waals surface area contributed by atoms with Gasteiger partial charge in [-0.3, -0.25) is 0 Å². The summed E-state index contributed by atoms with van der Waals surface area (Å²) in [6.45, 7) is 1.93. The van der Waals surface area contributed by atoms with Gasteiger partial charge in [-0.2, -0.15) is 13.2 Å². The fraction of sp³-hybridized carbons (Fsp3) is 0.333. The molecule has 0 bridgehead atoms. The van der Waals surface area contributed by atoms with E-state index in [4.69, 9.17) is 4.74 Å². The van der Waals surface area contributed by atoms with E-state index in [1.165, 1.54) is 0 Å².